The maximum Gasteiger partial charge on any atom is 0.387 e. The third-order valence-corrected chi connectivity index (χ3v) is 4.21. The molecular formula is C18H16F2N2O4. The van der Waals surface area contributed by atoms with Gasteiger partial charge in [-0.05, 0) is 32.0 Å². The van der Waals surface area contributed by atoms with Crippen LogP contribution < -0.4 is 9.64 Å². The topological polar surface area (TPSA) is 68.7 Å². The highest BCUT2D eigenvalue weighted by Gasteiger charge is 2.46. The lowest BCUT2D eigenvalue weighted by Gasteiger charge is -2.20. The van der Waals surface area contributed by atoms with Gasteiger partial charge in [0.15, 0.2) is 0 Å². The normalized spacial score (nSPS) is 15.2. The van der Waals surface area contributed by atoms with Crippen molar-refractivity contribution < 1.29 is 27.8 Å². The van der Waals surface area contributed by atoms with Crippen molar-refractivity contribution in [2.45, 2.75) is 25.9 Å². The van der Waals surface area contributed by atoms with Gasteiger partial charge < -0.3 is 9.47 Å². The van der Waals surface area contributed by atoms with E-state index in [-0.39, 0.29) is 17.2 Å². The first kappa shape index (κ1) is 17.8. The molecule has 0 saturated heterocycles. The quantitative estimate of drug-likeness (QED) is 0.780. The fraction of sp³-hybridized carbons (Fsp3) is 0.278. The number of carbonyl (C=O) groups is 2. The summed E-state index contributed by atoms with van der Waals surface area (Å²) in [6, 6.07) is 7.37. The van der Waals surface area contributed by atoms with Crippen molar-refractivity contribution in [3.8, 4) is 5.75 Å². The Morgan fingerprint density at radius 1 is 1.27 bits per heavy atom. The molecule has 6 nitrogen and oxygen atoms in total. The molecular weight excluding hydrogens is 346 g/mol. The van der Waals surface area contributed by atoms with Crippen LogP contribution in [0.15, 0.2) is 36.5 Å². The number of amides is 1. The summed E-state index contributed by atoms with van der Waals surface area (Å²) in [6.45, 7) is 0.441. The molecule has 1 aliphatic rings. The van der Waals surface area contributed by atoms with Crippen LogP contribution in [0.25, 0.3) is 0 Å². The number of nitrogens with zero attached hydrogens (tertiary/aromatic N) is 2. The summed E-state index contributed by atoms with van der Waals surface area (Å²) in [4.78, 5) is 30.3. The minimum Gasteiger partial charge on any atom is -0.465 e. The molecule has 0 atom stereocenters. The van der Waals surface area contributed by atoms with Crippen LogP contribution >= 0.6 is 0 Å². The highest BCUT2D eigenvalue weighted by Crippen LogP contribution is 2.44. The van der Waals surface area contributed by atoms with Crippen LogP contribution in [0.3, 0.4) is 0 Å². The van der Waals surface area contributed by atoms with Crippen LogP contribution in [0, 0.1) is 0 Å². The average molecular weight is 362 g/mol. The van der Waals surface area contributed by atoms with Gasteiger partial charge in [-0.1, -0.05) is 6.07 Å². The Balaban J connectivity index is 2.09. The molecule has 0 radical (unpaired) electrons. The number of benzene rings is 1. The Morgan fingerprint density at radius 2 is 2.00 bits per heavy atom. The van der Waals surface area contributed by atoms with Crippen molar-refractivity contribution >= 4 is 23.4 Å². The maximum absolute atomic E-state index is 12.9. The van der Waals surface area contributed by atoms with Crippen LogP contribution in [0.2, 0.25) is 0 Å². The van der Waals surface area contributed by atoms with Gasteiger partial charge in [0, 0.05) is 17.8 Å². The fourth-order valence-electron chi connectivity index (χ4n) is 2.85. The number of pyridine rings is 1. The summed E-state index contributed by atoms with van der Waals surface area (Å²) in [5.74, 6) is -0.588. The molecule has 0 N–H and O–H groups in total. The number of alkyl halides is 2. The van der Waals surface area contributed by atoms with Gasteiger partial charge in [0.2, 0.25) is 5.91 Å². The monoisotopic (exact) mass is 362 g/mol. The first-order valence-electron chi connectivity index (χ1n) is 7.74. The number of rotatable bonds is 4. The molecule has 1 aromatic carbocycles. The van der Waals surface area contributed by atoms with Crippen LogP contribution in [0.4, 0.5) is 20.3 Å². The lowest BCUT2D eigenvalue weighted by Crippen LogP contribution is -2.33. The van der Waals surface area contributed by atoms with Crippen molar-refractivity contribution in [2.75, 3.05) is 12.0 Å². The van der Waals surface area contributed by atoms with Gasteiger partial charge in [0.05, 0.1) is 23.8 Å². The molecule has 26 heavy (non-hydrogen) atoms. The number of ether oxygens (including phenoxy) is 2. The van der Waals surface area contributed by atoms with E-state index in [1.807, 2.05) is 0 Å². The molecule has 3 rings (SSSR count). The van der Waals surface area contributed by atoms with Gasteiger partial charge in [-0.15, -0.1) is 0 Å². The molecule has 0 aliphatic carbocycles. The zero-order valence-corrected chi connectivity index (χ0v) is 14.3. The van der Waals surface area contributed by atoms with Crippen LogP contribution in [-0.2, 0) is 14.9 Å². The van der Waals surface area contributed by atoms with E-state index in [0.29, 0.717) is 17.1 Å². The fourth-order valence-corrected chi connectivity index (χ4v) is 2.85. The summed E-state index contributed by atoms with van der Waals surface area (Å²) in [7, 11) is 1.26. The highest BCUT2D eigenvalue weighted by atomic mass is 19.3. The van der Waals surface area contributed by atoms with Gasteiger partial charge in [-0.2, -0.15) is 8.78 Å². The minimum absolute atomic E-state index is 0.0669. The van der Waals surface area contributed by atoms with Crippen molar-refractivity contribution in [1.82, 2.24) is 4.98 Å². The van der Waals surface area contributed by atoms with Crippen molar-refractivity contribution in [3.63, 3.8) is 0 Å². The second kappa shape index (κ2) is 6.36. The van der Waals surface area contributed by atoms with E-state index in [1.165, 1.54) is 36.4 Å². The SMILES string of the molecule is COC(=O)c1cnc2c(c1)C(C)(C)C(=O)N2c1cccc(OC(F)F)c1. The van der Waals surface area contributed by atoms with Gasteiger partial charge in [0.25, 0.3) is 0 Å². The Hall–Kier alpha value is -3.03. The molecule has 0 unspecified atom stereocenters. The van der Waals surface area contributed by atoms with Crippen molar-refractivity contribution in [3.05, 3.63) is 47.7 Å². The Bertz CT molecular complexity index is 883. The number of carbonyl (C=O) groups excluding carboxylic acids is 2. The molecule has 0 fully saturated rings. The number of methoxy groups -OCH3 is 1. The zero-order valence-electron chi connectivity index (χ0n) is 14.3. The van der Waals surface area contributed by atoms with Gasteiger partial charge in [-0.25, -0.2) is 9.78 Å². The zero-order chi connectivity index (χ0) is 19.1. The van der Waals surface area contributed by atoms with Gasteiger partial charge in [-0.3, -0.25) is 9.69 Å². The summed E-state index contributed by atoms with van der Waals surface area (Å²) in [6.07, 6.45) is 1.31. The van der Waals surface area contributed by atoms with Gasteiger partial charge >= 0.3 is 12.6 Å². The van der Waals surface area contributed by atoms with E-state index in [0.717, 1.165) is 0 Å². The lowest BCUT2D eigenvalue weighted by atomic mass is 9.86. The molecule has 2 heterocycles. The number of halogens is 2. The molecule has 2 aromatic rings. The predicted octanol–water partition coefficient (Wildman–Crippen LogP) is 3.43. The first-order chi connectivity index (χ1) is 12.3. The van der Waals surface area contributed by atoms with E-state index in [2.05, 4.69) is 9.72 Å². The molecule has 1 amide bonds. The second-order valence-electron chi connectivity index (χ2n) is 6.23. The summed E-state index contributed by atoms with van der Waals surface area (Å²) in [5.41, 5.74) is 0.166. The number of hydrogen-bond donors (Lipinski definition) is 0. The lowest BCUT2D eigenvalue weighted by molar-refractivity contribution is -0.121. The van der Waals surface area contributed by atoms with Crippen molar-refractivity contribution in [2.24, 2.45) is 0 Å². The molecule has 0 spiro atoms. The molecule has 1 aromatic heterocycles. The highest BCUT2D eigenvalue weighted by molar-refractivity contribution is 6.12. The third-order valence-electron chi connectivity index (χ3n) is 4.21. The summed E-state index contributed by atoms with van der Waals surface area (Å²) >= 11 is 0. The Kier molecular flexibility index (Phi) is 4.35. The number of aromatic nitrogens is 1. The number of esters is 1. The van der Waals surface area contributed by atoms with Crippen LogP contribution in [0.1, 0.15) is 29.8 Å². The number of fused-ring (bicyclic) bond motifs is 1. The van der Waals surface area contributed by atoms with E-state index >= 15 is 0 Å². The minimum atomic E-state index is -2.97. The van der Waals surface area contributed by atoms with Gasteiger partial charge in [0.1, 0.15) is 11.6 Å². The molecule has 0 saturated carbocycles. The Labute approximate surface area is 148 Å². The predicted molar refractivity (Wildman–Crippen MR) is 88.8 cm³/mol. The maximum atomic E-state index is 12.9. The van der Waals surface area contributed by atoms with E-state index in [9.17, 15) is 18.4 Å². The first-order valence-corrected chi connectivity index (χ1v) is 7.74. The van der Waals surface area contributed by atoms with Crippen LogP contribution in [-0.4, -0.2) is 30.6 Å². The Morgan fingerprint density at radius 3 is 2.65 bits per heavy atom. The largest absolute Gasteiger partial charge is 0.465 e. The molecule has 1 aliphatic heterocycles. The molecule has 136 valence electrons. The number of anilines is 2. The number of hydrogen-bond acceptors (Lipinski definition) is 5. The van der Waals surface area contributed by atoms with E-state index < -0.39 is 18.0 Å². The summed E-state index contributed by atoms with van der Waals surface area (Å²) < 4.78 is 34.0. The smallest absolute Gasteiger partial charge is 0.387 e. The third kappa shape index (κ3) is 2.87. The van der Waals surface area contributed by atoms with E-state index in [4.69, 9.17) is 4.74 Å². The molecule has 0 bridgehead atoms. The van der Waals surface area contributed by atoms with Crippen LogP contribution in [0.5, 0.6) is 5.75 Å². The van der Waals surface area contributed by atoms with Crippen molar-refractivity contribution in [1.29, 1.82) is 0 Å². The standard InChI is InChI=1S/C18H16F2N2O4/c1-18(2)13-7-10(15(23)25-3)9-21-14(13)22(16(18)24)11-5-4-6-12(8-11)26-17(19)20/h4-9,17H,1-3H3. The molecule has 8 heteroatoms. The summed E-state index contributed by atoms with van der Waals surface area (Å²) in [5, 5.41) is 0. The average Bonchev–Trinajstić information content (AvgIpc) is 2.80. The second-order valence-corrected chi connectivity index (χ2v) is 6.23. The van der Waals surface area contributed by atoms with E-state index in [1.54, 1.807) is 26.0 Å².